The number of rotatable bonds is 12. The number of hydrogen-bond acceptors (Lipinski definition) is 9. The van der Waals surface area contributed by atoms with Crippen LogP contribution in [0.15, 0.2) is 47.5 Å². The smallest absolute Gasteiger partial charge is 0.252 e. The highest BCUT2D eigenvalue weighted by atomic mass is 35.5. The second-order valence-corrected chi connectivity index (χ2v) is 13.1. The number of carbonyl (C=O) groups excluding carboxylic acids is 1. The molecular formula is C27H34Cl2N6O4S. The van der Waals surface area contributed by atoms with Crippen LogP contribution in [-0.2, 0) is 9.84 Å². The van der Waals surface area contributed by atoms with E-state index in [1.54, 1.807) is 44.2 Å². The van der Waals surface area contributed by atoms with Gasteiger partial charge in [-0.25, -0.2) is 13.4 Å². The zero-order valence-electron chi connectivity index (χ0n) is 23.2. The molecule has 1 aromatic heterocycles. The molecule has 0 radical (unpaired) electrons. The van der Waals surface area contributed by atoms with Crippen molar-refractivity contribution in [2.24, 2.45) is 0 Å². The fourth-order valence-electron chi connectivity index (χ4n) is 3.50. The van der Waals surface area contributed by atoms with Gasteiger partial charge in [-0.05, 0) is 60.0 Å². The Labute approximate surface area is 245 Å². The number of halogens is 2. The molecule has 0 aliphatic rings. The number of sulfone groups is 1. The molecule has 3 rings (SSSR count). The molecule has 0 saturated heterocycles. The number of benzene rings is 2. The van der Waals surface area contributed by atoms with Crippen molar-refractivity contribution in [3.63, 3.8) is 0 Å². The third-order valence-electron chi connectivity index (χ3n) is 5.58. The minimum atomic E-state index is -3.58. The molecule has 3 aromatic rings. The molecule has 0 bridgehead atoms. The van der Waals surface area contributed by atoms with E-state index in [0.717, 1.165) is 0 Å². The lowest BCUT2D eigenvalue weighted by atomic mass is 10.1. The standard InChI is InChI=1S/C27H34Cl2N6O4S/c1-16(2)39-23-14-19(28)18(26(36)30-11-12-35(5)6)13-22(23)33-27-31-15-20(29)25(34-27)32-21-9-7-8-10-24(21)40(37,38)17(3)4/h7-10,13-17H,11-12H2,1-6H3,(H,30,36)(H2,31,32,33,34). The Morgan fingerprint density at radius 3 is 2.38 bits per heavy atom. The topological polar surface area (TPSA) is 126 Å². The van der Waals surface area contributed by atoms with E-state index in [4.69, 9.17) is 27.9 Å². The van der Waals surface area contributed by atoms with Crippen LogP contribution >= 0.6 is 23.2 Å². The Kier molecular flexibility index (Phi) is 10.6. The maximum Gasteiger partial charge on any atom is 0.252 e. The van der Waals surface area contributed by atoms with Crippen molar-refractivity contribution in [3.8, 4) is 5.75 Å². The van der Waals surface area contributed by atoms with Gasteiger partial charge in [0.2, 0.25) is 5.95 Å². The molecule has 10 nitrogen and oxygen atoms in total. The zero-order chi connectivity index (χ0) is 29.6. The maximum absolute atomic E-state index is 12.9. The third kappa shape index (κ3) is 7.97. The van der Waals surface area contributed by atoms with Gasteiger partial charge in [-0.2, -0.15) is 4.98 Å². The highest BCUT2D eigenvalue weighted by molar-refractivity contribution is 7.92. The molecule has 0 saturated carbocycles. The average Bonchev–Trinajstić information content (AvgIpc) is 2.87. The van der Waals surface area contributed by atoms with E-state index in [2.05, 4.69) is 25.9 Å². The van der Waals surface area contributed by atoms with E-state index < -0.39 is 15.1 Å². The largest absolute Gasteiger partial charge is 0.489 e. The monoisotopic (exact) mass is 608 g/mol. The Morgan fingerprint density at radius 1 is 1.02 bits per heavy atom. The summed E-state index contributed by atoms with van der Waals surface area (Å²) >= 11 is 12.8. The van der Waals surface area contributed by atoms with Gasteiger partial charge in [0.1, 0.15) is 10.8 Å². The Morgan fingerprint density at radius 2 is 1.73 bits per heavy atom. The number of nitrogens with one attached hydrogen (secondary N) is 3. The first kappa shape index (κ1) is 31.4. The molecule has 216 valence electrons. The van der Waals surface area contributed by atoms with E-state index in [1.165, 1.54) is 12.3 Å². The summed E-state index contributed by atoms with van der Waals surface area (Å²) in [4.78, 5) is 23.7. The van der Waals surface area contributed by atoms with E-state index in [1.807, 2.05) is 32.8 Å². The molecule has 0 fully saturated rings. The van der Waals surface area contributed by atoms with Crippen LogP contribution in [-0.4, -0.2) is 67.7 Å². The fraction of sp³-hybridized carbons (Fsp3) is 0.370. The molecule has 1 amide bonds. The molecule has 0 atom stereocenters. The molecule has 40 heavy (non-hydrogen) atoms. The number of ether oxygens (including phenoxy) is 1. The highest BCUT2D eigenvalue weighted by Gasteiger charge is 2.23. The first-order valence-corrected chi connectivity index (χ1v) is 14.9. The van der Waals surface area contributed by atoms with Crippen molar-refractivity contribution in [2.45, 2.75) is 43.9 Å². The number of anilines is 4. The summed E-state index contributed by atoms with van der Waals surface area (Å²) in [5, 5.41) is 8.74. The minimum absolute atomic E-state index is 0.129. The number of nitrogens with zero attached hydrogens (tertiary/aromatic N) is 3. The van der Waals surface area contributed by atoms with Crippen molar-refractivity contribution >= 4 is 62.1 Å². The number of aromatic nitrogens is 2. The molecule has 0 aliphatic carbocycles. The van der Waals surface area contributed by atoms with Crippen LogP contribution in [0.4, 0.5) is 23.1 Å². The fourth-order valence-corrected chi connectivity index (χ4v) is 5.08. The lowest BCUT2D eigenvalue weighted by Gasteiger charge is -2.18. The maximum atomic E-state index is 12.9. The van der Waals surface area contributed by atoms with Gasteiger partial charge >= 0.3 is 0 Å². The summed E-state index contributed by atoms with van der Waals surface area (Å²) in [6.07, 6.45) is 1.20. The first-order valence-electron chi connectivity index (χ1n) is 12.6. The molecule has 3 N–H and O–H groups in total. The summed E-state index contributed by atoms with van der Waals surface area (Å²) in [5.74, 6) is 0.373. The second kappa shape index (κ2) is 13.5. The van der Waals surface area contributed by atoms with Crippen molar-refractivity contribution in [1.29, 1.82) is 0 Å². The van der Waals surface area contributed by atoms with Crippen LogP contribution in [0.5, 0.6) is 5.75 Å². The lowest BCUT2D eigenvalue weighted by Crippen LogP contribution is -2.31. The SMILES string of the molecule is CC(C)Oc1cc(Cl)c(C(=O)NCCN(C)C)cc1Nc1ncc(Cl)c(Nc2ccccc2S(=O)(=O)C(C)C)n1. The van der Waals surface area contributed by atoms with Crippen LogP contribution in [0.1, 0.15) is 38.1 Å². The molecule has 2 aromatic carbocycles. The molecular weight excluding hydrogens is 575 g/mol. The van der Waals surface area contributed by atoms with E-state index in [-0.39, 0.29) is 44.3 Å². The average molecular weight is 610 g/mol. The van der Waals surface area contributed by atoms with Gasteiger partial charge in [0.15, 0.2) is 15.7 Å². The van der Waals surface area contributed by atoms with Gasteiger partial charge in [0.25, 0.3) is 5.91 Å². The van der Waals surface area contributed by atoms with Gasteiger partial charge < -0.3 is 25.6 Å². The Hall–Kier alpha value is -3.12. The summed E-state index contributed by atoms with van der Waals surface area (Å²) in [5.41, 5.74) is 0.987. The lowest BCUT2D eigenvalue weighted by molar-refractivity contribution is 0.0951. The predicted molar refractivity (Wildman–Crippen MR) is 160 cm³/mol. The van der Waals surface area contributed by atoms with Crippen molar-refractivity contribution < 1.29 is 17.9 Å². The van der Waals surface area contributed by atoms with E-state index >= 15 is 0 Å². The zero-order valence-corrected chi connectivity index (χ0v) is 25.6. The van der Waals surface area contributed by atoms with Crippen molar-refractivity contribution in [1.82, 2.24) is 20.2 Å². The molecule has 0 unspecified atom stereocenters. The predicted octanol–water partition coefficient (Wildman–Crippen LogP) is 5.53. The van der Waals surface area contributed by atoms with Crippen LogP contribution in [0.2, 0.25) is 10.0 Å². The van der Waals surface area contributed by atoms with Crippen LogP contribution in [0, 0.1) is 0 Å². The van der Waals surface area contributed by atoms with Gasteiger partial charge in [0, 0.05) is 19.2 Å². The minimum Gasteiger partial charge on any atom is -0.489 e. The van der Waals surface area contributed by atoms with Crippen molar-refractivity contribution in [3.05, 3.63) is 58.2 Å². The van der Waals surface area contributed by atoms with Crippen LogP contribution in [0.3, 0.4) is 0 Å². The number of amides is 1. The summed E-state index contributed by atoms with van der Waals surface area (Å²) < 4.78 is 31.7. The Balaban J connectivity index is 1.96. The quantitative estimate of drug-likeness (QED) is 0.243. The van der Waals surface area contributed by atoms with E-state index in [9.17, 15) is 13.2 Å². The van der Waals surface area contributed by atoms with Crippen LogP contribution in [0.25, 0.3) is 0 Å². The number of hydrogen-bond donors (Lipinski definition) is 3. The van der Waals surface area contributed by atoms with Gasteiger partial charge in [0.05, 0.1) is 44.4 Å². The number of para-hydroxylation sites is 1. The second-order valence-electron chi connectivity index (χ2n) is 9.78. The summed E-state index contributed by atoms with van der Waals surface area (Å²) in [6.45, 7) is 8.07. The summed E-state index contributed by atoms with van der Waals surface area (Å²) in [7, 11) is 0.247. The highest BCUT2D eigenvalue weighted by Crippen LogP contribution is 2.35. The van der Waals surface area contributed by atoms with Crippen molar-refractivity contribution in [2.75, 3.05) is 37.8 Å². The molecule has 13 heteroatoms. The van der Waals surface area contributed by atoms with Gasteiger partial charge in [-0.3, -0.25) is 4.79 Å². The molecule has 1 heterocycles. The number of carbonyl (C=O) groups is 1. The molecule has 0 aliphatic heterocycles. The summed E-state index contributed by atoms with van der Waals surface area (Å²) in [6, 6.07) is 9.66. The van der Waals surface area contributed by atoms with E-state index in [0.29, 0.717) is 30.2 Å². The van der Waals surface area contributed by atoms with Gasteiger partial charge in [-0.1, -0.05) is 35.3 Å². The number of likely N-dealkylation sites (N-methyl/N-ethyl adjacent to an activating group) is 1. The third-order valence-corrected chi connectivity index (χ3v) is 8.38. The first-order chi connectivity index (χ1) is 18.8. The normalized spacial score (nSPS) is 11.7. The van der Waals surface area contributed by atoms with Crippen LogP contribution < -0.4 is 20.7 Å². The Bertz CT molecular complexity index is 1470. The van der Waals surface area contributed by atoms with Gasteiger partial charge in [-0.15, -0.1) is 0 Å². The molecule has 0 spiro atoms.